The Morgan fingerprint density at radius 3 is 2.21 bits per heavy atom. The Morgan fingerprint density at radius 2 is 1.62 bits per heavy atom. The molecule has 1 aliphatic heterocycles. The van der Waals surface area contributed by atoms with Crippen LogP contribution in [0.1, 0.15) is 63.8 Å². The number of nitrogens with one attached hydrogen (secondary N) is 2. The second-order valence-electron chi connectivity index (χ2n) is 13.8. The SMILES string of the molecule is CC(C)(C)NC(=O)OC(NOCCN1C(=O)SC(=Cc2ccc3c(cnn3Cc3ccc(C(F)(F)F)cc3C(F)(F)F)c2)C1=O)(OC(N)=O)C(C)(C)C. The number of benzene rings is 2. The van der Waals surface area contributed by atoms with Gasteiger partial charge in [0, 0.05) is 10.9 Å². The van der Waals surface area contributed by atoms with E-state index in [4.69, 9.17) is 20.0 Å². The van der Waals surface area contributed by atoms with Gasteiger partial charge < -0.3 is 20.5 Å². The monoisotopic (exact) mass is 774 g/mol. The number of nitrogens with zero attached hydrogens (tertiary/aromatic N) is 3. The topological polar surface area (TPSA) is 167 Å². The van der Waals surface area contributed by atoms with Crippen molar-refractivity contribution in [2.24, 2.45) is 11.1 Å². The Labute approximate surface area is 303 Å². The number of primary amides is 1. The Hall–Kier alpha value is -4.82. The van der Waals surface area contributed by atoms with E-state index in [1.54, 1.807) is 47.6 Å². The second kappa shape index (κ2) is 14.9. The summed E-state index contributed by atoms with van der Waals surface area (Å²) in [7, 11) is 0. The molecule has 4 rings (SSSR count). The first kappa shape index (κ1) is 40.9. The molecule has 20 heteroatoms. The molecule has 2 heterocycles. The van der Waals surface area contributed by atoms with E-state index in [9.17, 15) is 45.5 Å². The molecule has 0 bridgehead atoms. The zero-order chi connectivity index (χ0) is 39.7. The van der Waals surface area contributed by atoms with Gasteiger partial charge in [0.05, 0.1) is 52.9 Å². The van der Waals surface area contributed by atoms with Crippen LogP contribution in [0.5, 0.6) is 0 Å². The van der Waals surface area contributed by atoms with E-state index < -0.39 is 75.8 Å². The number of hydrogen-bond acceptors (Lipinski definition) is 10. The lowest BCUT2D eigenvalue weighted by Gasteiger charge is -2.41. The van der Waals surface area contributed by atoms with Gasteiger partial charge in [-0.25, -0.2) is 9.59 Å². The van der Waals surface area contributed by atoms with E-state index in [0.29, 0.717) is 34.3 Å². The maximum atomic E-state index is 13.7. The summed E-state index contributed by atoms with van der Waals surface area (Å²) in [6, 6.07) is 6.01. The maximum absolute atomic E-state index is 13.7. The van der Waals surface area contributed by atoms with E-state index in [-0.39, 0.29) is 24.1 Å². The van der Waals surface area contributed by atoms with E-state index in [1.165, 1.54) is 29.1 Å². The number of carbonyl (C=O) groups is 4. The molecule has 0 saturated carbocycles. The van der Waals surface area contributed by atoms with Crippen LogP contribution in [0.2, 0.25) is 0 Å². The van der Waals surface area contributed by atoms with Crippen LogP contribution in [0.15, 0.2) is 47.5 Å². The number of alkyl halides is 6. The minimum atomic E-state index is -5.05. The van der Waals surface area contributed by atoms with Crippen LogP contribution in [0.4, 0.5) is 40.7 Å². The van der Waals surface area contributed by atoms with Crippen LogP contribution >= 0.6 is 11.8 Å². The number of aromatic nitrogens is 2. The van der Waals surface area contributed by atoms with Gasteiger partial charge in [-0.2, -0.15) is 31.4 Å². The molecular weight excluding hydrogens is 738 g/mol. The summed E-state index contributed by atoms with van der Waals surface area (Å²) in [4.78, 5) is 56.7. The number of fused-ring (bicyclic) bond motifs is 1. The third kappa shape index (κ3) is 9.99. The van der Waals surface area contributed by atoms with Crippen LogP contribution in [-0.4, -0.2) is 62.6 Å². The Bertz CT molecular complexity index is 1930. The van der Waals surface area contributed by atoms with Gasteiger partial charge in [-0.3, -0.25) is 24.0 Å². The molecule has 3 aromatic rings. The molecule has 13 nitrogen and oxygen atoms in total. The van der Waals surface area contributed by atoms with Gasteiger partial charge in [0.2, 0.25) is 0 Å². The van der Waals surface area contributed by atoms with E-state index in [0.717, 1.165) is 11.0 Å². The van der Waals surface area contributed by atoms with Gasteiger partial charge in [-0.05, 0) is 74.0 Å². The van der Waals surface area contributed by atoms with Crippen LogP contribution in [0.25, 0.3) is 17.0 Å². The highest BCUT2D eigenvalue weighted by atomic mass is 32.2. The van der Waals surface area contributed by atoms with Crippen LogP contribution in [-0.2, 0) is 38.0 Å². The van der Waals surface area contributed by atoms with Crippen molar-refractivity contribution in [1.82, 2.24) is 25.5 Å². The number of carbonyl (C=O) groups excluding carboxylic acids is 4. The van der Waals surface area contributed by atoms with Crippen molar-refractivity contribution >= 4 is 52.1 Å². The molecule has 2 aromatic carbocycles. The molecule has 4 amide bonds. The number of rotatable bonds is 10. The largest absolute Gasteiger partial charge is 0.416 e. The third-order valence-corrected chi connectivity index (χ3v) is 8.38. The fourth-order valence-corrected chi connectivity index (χ4v) is 5.76. The van der Waals surface area contributed by atoms with Crippen molar-refractivity contribution in [1.29, 1.82) is 0 Å². The summed E-state index contributed by atoms with van der Waals surface area (Å²) in [6.07, 6.45) is -9.51. The molecule has 1 aromatic heterocycles. The highest BCUT2D eigenvalue weighted by Gasteiger charge is 2.51. The predicted molar refractivity (Wildman–Crippen MR) is 179 cm³/mol. The predicted octanol–water partition coefficient (Wildman–Crippen LogP) is 7.00. The fraction of sp³-hybridized carbons (Fsp3) is 0.424. The maximum Gasteiger partial charge on any atom is 0.416 e. The Morgan fingerprint density at radius 1 is 0.943 bits per heavy atom. The molecule has 1 aliphatic rings. The molecule has 288 valence electrons. The first-order valence-electron chi connectivity index (χ1n) is 15.7. The van der Waals surface area contributed by atoms with Gasteiger partial charge in [0.25, 0.3) is 11.1 Å². The quantitative estimate of drug-likeness (QED) is 0.0642. The van der Waals surface area contributed by atoms with Crippen molar-refractivity contribution in [3.8, 4) is 0 Å². The number of halogens is 6. The van der Waals surface area contributed by atoms with Gasteiger partial charge in [-0.1, -0.05) is 32.9 Å². The molecule has 0 radical (unpaired) electrons. The van der Waals surface area contributed by atoms with Crippen molar-refractivity contribution in [3.63, 3.8) is 0 Å². The summed E-state index contributed by atoms with van der Waals surface area (Å²) in [5.41, 5.74) is 3.28. The number of alkyl carbamates (subject to hydrolysis) is 1. The standard InChI is InChI=1S/C33H36F6N6O7S/c1-29(2,3)33(51-26(40)47,52-27(48)42-30(4,5)6)43-50-12-11-44-25(46)24(53-28(44)49)14-18-7-10-23-20(13-18)16-41-45(23)17-19-8-9-21(31(34,35)36)15-22(19)32(37,38)39/h7-10,13-16,43H,11-12,17H2,1-6H3,(H2,40,47)(H,42,48). The lowest BCUT2D eigenvalue weighted by atomic mass is 9.91. The summed E-state index contributed by atoms with van der Waals surface area (Å²) < 4.78 is 92.1. The highest BCUT2D eigenvalue weighted by molar-refractivity contribution is 8.18. The average molecular weight is 775 g/mol. The minimum absolute atomic E-state index is 0.0394. The van der Waals surface area contributed by atoms with Crippen molar-refractivity contribution in [3.05, 3.63) is 69.8 Å². The van der Waals surface area contributed by atoms with Crippen LogP contribution < -0.4 is 16.5 Å². The number of imide groups is 1. The first-order chi connectivity index (χ1) is 24.3. The van der Waals surface area contributed by atoms with E-state index in [1.807, 2.05) is 0 Å². The molecular formula is C33H36F6N6O7S. The Kier molecular flexibility index (Phi) is 11.5. The van der Waals surface area contributed by atoms with Crippen molar-refractivity contribution < 1.29 is 59.8 Å². The number of ether oxygens (including phenoxy) is 2. The highest BCUT2D eigenvalue weighted by Crippen LogP contribution is 2.38. The number of hydrogen-bond donors (Lipinski definition) is 3. The summed E-state index contributed by atoms with van der Waals surface area (Å²) in [6.45, 7) is 8.64. The van der Waals surface area contributed by atoms with E-state index in [2.05, 4.69) is 15.9 Å². The lowest BCUT2D eigenvalue weighted by Crippen LogP contribution is -2.63. The summed E-state index contributed by atoms with van der Waals surface area (Å²) >= 11 is 0.637. The third-order valence-electron chi connectivity index (χ3n) is 7.47. The zero-order valence-electron chi connectivity index (χ0n) is 29.2. The zero-order valence-corrected chi connectivity index (χ0v) is 30.0. The van der Waals surface area contributed by atoms with Crippen LogP contribution in [0.3, 0.4) is 0 Å². The summed E-state index contributed by atoms with van der Waals surface area (Å²) in [5, 5.41) is 6.47. The molecule has 4 N–H and O–H groups in total. The first-order valence-corrected chi connectivity index (χ1v) is 16.5. The normalized spacial score (nSPS) is 16.3. The van der Waals surface area contributed by atoms with Gasteiger partial charge in [0.1, 0.15) is 0 Å². The lowest BCUT2D eigenvalue weighted by molar-refractivity contribution is -0.298. The second-order valence-corrected chi connectivity index (χ2v) is 14.8. The fourth-order valence-electron chi connectivity index (χ4n) is 4.89. The van der Waals surface area contributed by atoms with Gasteiger partial charge in [-0.15, -0.1) is 5.48 Å². The van der Waals surface area contributed by atoms with Crippen molar-refractivity contribution in [2.75, 3.05) is 13.2 Å². The molecule has 53 heavy (non-hydrogen) atoms. The molecule has 0 aliphatic carbocycles. The smallest absolute Gasteiger partial charge is 0.390 e. The van der Waals surface area contributed by atoms with Gasteiger partial charge >= 0.3 is 30.5 Å². The number of nitrogens with two attached hydrogens (primary N) is 1. The number of hydroxylamine groups is 1. The Balaban J connectivity index is 1.46. The average Bonchev–Trinajstić information content (AvgIpc) is 3.50. The van der Waals surface area contributed by atoms with E-state index >= 15 is 0 Å². The van der Waals surface area contributed by atoms with Crippen molar-refractivity contribution in [2.45, 2.75) is 71.9 Å². The van der Waals surface area contributed by atoms with Crippen LogP contribution in [0, 0.1) is 5.41 Å². The molecule has 1 atom stereocenters. The summed E-state index contributed by atoms with van der Waals surface area (Å²) in [5.74, 6) is -2.91. The molecule has 1 saturated heterocycles. The minimum Gasteiger partial charge on any atom is -0.390 e. The number of thioether (sulfide) groups is 1. The van der Waals surface area contributed by atoms with Gasteiger partial charge in [0.15, 0.2) is 0 Å². The molecule has 0 spiro atoms. The number of amides is 4. The molecule has 1 unspecified atom stereocenters. The molecule has 1 fully saturated rings.